The highest BCUT2D eigenvalue weighted by atomic mass is 32.2. The van der Waals surface area contributed by atoms with Crippen molar-refractivity contribution in [3.05, 3.63) is 18.0 Å². The first kappa shape index (κ1) is 11.6. The molecule has 5 nitrogen and oxygen atoms in total. The van der Waals surface area contributed by atoms with Gasteiger partial charge in [0.2, 0.25) is 0 Å². The maximum atomic E-state index is 11.3. The second-order valence-corrected chi connectivity index (χ2v) is 6.44. The smallest absolute Gasteiger partial charge is 0.152 e. The summed E-state index contributed by atoms with van der Waals surface area (Å²) in [7, 11) is -2.85. The van der Waals surface area contributed by atoms with Crippen molar-refractivity contribution in [2.45, 2.75) is 25.3 Å². The molecule has 1 aliphatic rings. The van der Waals surface area contributed by atoms with Crippen molar-refractivity contribution >= 4 is 9.84 Å². The lowest BCUT2D eigenvalue weighted by atomic mass is 10.2. The summed E-state index contributed by atoms with van der Waals surface area (Å²) in [6.45, 7) is 0.170. The fourth-order valence-corrected chi connectivity index (χ4v) is 3.68. The van der Waals surface area contributed by atoms with Crippen LogP contribution in [0.1, 0.15) is 24.4 Å². The molecular weight excluding hydrogens is 228 g/mol. The third-order valence-corrected chi connectivity index (χ3v) is 4.61. The molecular formula is C10H16N2O3S. The van der Waals surface area contributed by atoms with Crippen LogP contribution in [0.2, 0.25) is 0 Å². The summed E-state index contributed by atoms with van der Waals surface area (Å²) in [6.07, 6.45) is 5.80. The van der Waals surface area contributed by atoms with E-state index >= 15 is 0 Å². The van der Waals surface area contributed by atoms with Crippen molar-refractivity contribution in [3.63, 3.8) is 0 Å². The molecule has 0 radical (unpaired) electrons. The van der Waals surface area contributed by atoms with E-state index in [1.54, 1.807) is 10.9 Å². The molecule has 1 saturated heterocycles. The Labute approximate surface area is 95.0 Å². The van der Waals surface area contributed by atoms with Gasteiger partial charge in [0.05, 0.1) is 23.7 Å². The van der Waals surface area contributed by atoms with Gasteiger partial charge in [0, 0.05) is 12.8 Å². The number of aliphatic hydroxyl groups is 1. The SMILES string of the molecule is O=S1(=O)CCC(n2cc(CCCO)cn2)C1. The van der Waals surface area contributed by atoms with Crippen LogP contribution in [-0.4, -0.2) is 41.4 Å². The van der Waals surface area contributed by atoms with Crippen molar-refractivity contribution in [3.8, 4) is 0 Å². The Morgan fingerprint density at radius 1 is 1.56 bits per heavy atom. The molecule has 6 heteroatoms. The minimum atomic E-state index is -2.85. The summed E-state index contributed by atoms with van der Waals surface area (Å²) in [5.74, 6) is 0.470. The Kier molecular flexibility index (Phi) is 3.30. The molecule has 90 valence electrons. The van der Waals surface area contributed by atoms with E-state index in [4.69, 9.17) is 5.11 Å². The van der Waals surface area contributed by atoms with Gasteiger partial charge in [0.15, 0.2) is 9.84 Å². The topological polar surface area (TPSA) is 72.2 Å². The third kappa shape index (κ3) is 2.62. The van der Waals surface area contributed by atoms with E-state index in [2.05, 4.69) is 5.10 Å². The van der Waals surface area contributed by atoms with Gasteiger partial charge in [-0.1, -0.05) is 0 Å². The normalized spacial score (nSPS) is 23.7. The fraction of sp³-hybridized carbons (Fsp3) is 0.700. The molecule has 1 unspecified atom stereocenters. The van der Waals surface area contributed by atoms with E-state index in [0.29, 0.717) is 12.8 Å². The maximum absolute atomic E-state index is 11.3. The summed E-state index contributed by atoms with van der Waals surface area (Å²) in [4.78, 5) is 0. The zero-order valence-electron chi connectivity index (χ0n) is 9.04. The Balaban J connectivity index is 2.02. The van der Waals surface area contributed by atoms with Gasteiger partial charge in [-0.3, -0.25) is 4.68 Å². The standard InChI is InChI=1S/C10H16N2O3S/c13-4-1-2-9-6-11-12(7-9)10-3-5-16(14,15)8-10/h6-7,10,13H,1-5,8H2. The molecule has 0 aliphatic carbocycles. The van der Waals surface area contributed by atoms with Gasteiger partial charge in [-0.15, -0.1) is 0 Å². The molecule has 2 rings (SSSR count). The van der Waals surface area contributed by atoms with Gasteiger partial charge in [-0.05, 0) is 24.8 Å². The number of rotatable bonds is 4. The number of aromatic nitrogens is 2. The highest BCUT2D eigenvalue weighted by molar-refractivity contribution is 7.91. The number of nitrogens with zero attached hydrogens (tertiary/aromatic N) is 2. The molecule has 0 aromatic carbocycles. The number of aliphatic hydroxyl groups excluding tert-OH is 1. The van der Waals surface area contributed by atoms with Gasteiger partial charge in [-0.25, -0.2) is 8.42 Å². The lowest BCUT2D eigenvalue weighted by molar-refractivity contribution is 0.288. The number of hydrogen-bond donors (Lipinski definition) is 1. The summed E-state index contributed by atoms with van der Waals surface area (Å²) in [6, 6.07) is -0.00660. The first-order valence-corrected chi connectivity index (χ1v) is 7.27. The van der Waals surface area contributed by atoms with E-state index in [-0.39, 0.29) is 24.2 Å². The van der Waals surface area contributed by atoms with E-state index in [9.17, 15) is 8.42 Å². The number of aryl methyl sites for hydroxylation is 1. The van der Waals surface area contributed by atoms with Gasteiger partial charge >= 0.3 is 0 Å². The molecule has 0 saturated carbocycles. The van der Waals surface area contributed by atoms with Crippen LogP contribution in [0.3, 0.4) is 0 Å². The van der Waals surface area contributed by atoms with Crippen LogP contribution in [0.25, 0.3) is 0 Å². The summed E-state index contributed by atoms with van der Waals surface area (Å²) in [5.41, 5.74) is 1.05. The Hall–Kier alpha value is -0.880. The minimum Gasteiger partial charge on any atom is -0.396 e. The van der Waals surface area contributed by atoms with Crippen molar-refractivity contribution in [2.24, 2.45) is 0 Å². The average molecular weight is 244 g/mol. The molecule has 0 bridgehead atoms. The fourth-order valence-electron chi connectivity index (χ4n) is 1.97. The van der Waals surface area contributed by atoms with Crippen molar-refractivity contribution in [1.82, 2.24) is 9.78 Å². The van der Waals surface area contributed by atoms with E-state index in [1.807, 2.05) is 6.20 Å². The highest BCUT2D eigenvalue weighted by Crippen LogP contribution is 2.23. The first-order chi connectivity index (χ1) is 7.61. The molecule has 1 fully saturated rings. The Morgan fingerprint density at radius 3 is 3.00 bits per heavy atom. The Morgan fingerprint density at radius 2 is 2.38 bits per heavy atom. The molecule has 1 aromatic heterocycles. The number of hydrogen-bond acceptors (Lipinski definition) is 4. The van der Waals surface area contributed by atoms with Crippen molar-refractivity contribution in [2.75, 3.05) is 18.1 Å². The highest BCUT2D eigenvalue weighted by Gasteiger charge is 2.29. The summed E-state index contributed by atoms with van der Waals surface area (Å²) >= 11 is 0. The molecule has 1 aliphatic heterocycles. The van der Waals surface area contributed by atoms with Gasteiger partial charge in [-0.2, -0.15) is 5.10 Å². The minimum absolute atomic E-state index is 0.00660. The number of sulfone groups is 1. The van der Waals surface area contributed by atoms with Crippen LogP contribution in [0, 0.1) is 0 Å². The average Bonchev–Trinajstić information content (AvgIpc) is 2.81. The molecule has 1 N–H and O–H groups in total. The third-order valence-electron chi connectivity index (χ3n) is 2.86. The second-order valence-electron chi connectivity index (χ2n) is 4.21. The van der Waals surface area contributed by atoms with Crippen LogP contribution in [0.15, 0.2) is 12.4 Å². The Bertz CT molecular complexity index is 452. The zero-order chi connectivity index (χ0) is 11.6. The van der Waals surface area contributed by atoms with Gasteiger partial charge in [0.25, 0.3) is 0 Å². The molecule has 2 heterocycles. The summed E-state index contributed by atoms with van der Waals surface area (Å²) < 4.78 is 24.4. The van der Waals surface area contributed by atoms with Gasteiger partial charge < -0.3 is 5.11 Å². The van der Waals surface area contributed by atoms with E-state index in [0.717, 1.165) is 12.0 Å². The maximum Gasteiger partial charge on any atom is 0.152 e. The molecule has 1 atom stereocenters. The quantitative estimate of drug-likeness (QED) is 0.819. The van der Waals surface area contributed by atoms with Crippen LogP contribution in [0.4, 0.5) is 0 Å². The molecule has 1 aromatic rings. The predicted octanol–water partition coefficient (Wildman–Crippen LogP) is 0.168. The van der Waals surface area contributed by atoms with Crippen molar-refractivity contribution < 1.29 is 13.5 Å². The molecule has 16 heavy (non-hydrogen) atoms. The molecule has 0 amide bonds. The molecule has 0 spiro atoms. The lowest BCUT2D eigenvalue weighted by Gasteiger charge is -2.07. The van der Waals surface area contributed by atoms with Crippen LogP contribution in [0.5, 0.6) is 0 Å². The lowest BCUT2D eigenvalue weighted by Crippen LogP contribution is -2.11. The zero-order valence-corrected chi connectivity index (χ0v) is 9.86. The van der Waals surface area contributed by atoms with Crippen LogP contribution < -0.4 is 0 Å². The predicted molar refractivity (Wildman–Crippen MR) is 59.9 cm³/mol. The summed E-state index contributed by atoms with van der Waals surface area (Å²) in [5, 5.41) is 12.9. The van der Waals surface area contributed by atoms with E-state index < -0.39 is 9.84 Å². The largest absolute Gasteiger partial charge is 0.396 e. The van der Waals surface area contributed by atoms with Crippen LogP contribution in [-0.2, 0) is 16.3 Å². The van der Waals surface area contributed by atoms with E-state index in [1.165, 1.54) is 0 Å². The van der Waals surface area contributed by atoms with Crippen molar-refractivity contribution in [1.29, 1.82) is 0 Å². The second kappa shape index (κ2) is 4.55. The first-order valence-electron chi connectivity index (χ1n) is 5.45. The van der Waals surface area contributed by atoms with Crippen LogP contribution >= 0.6 is 0 Å². The van der Waals surface area contributed by atoms with Gasteiger partial charge in [0.1, 0.15) is 0 Å². The monoisotopic (exact) mass is 244 g/mol.